The van der Waals surface area contributed by atoms with Gasteiger partial charge in [-0.3, -0.25) is 9.59 Å². The number of aliphatic hydroxyl groups excluding tert-OH is 1. The molecule has 3 aromatic rings. The number of nitrogens with two attached hydrogens (primary N) is 3. The summed E-state index contributed by atoms with van der Waals surface area (Å²) in [6.45, 7) is 5.46. The number of carbonyl (C=O) groups is 3. The molecule has 0 saturated carbocycles. The van der Waals surface area contributed by atoms with Crippen molar-refractivity contribution >= 4 is 50.4 Å². The molecular formula is C31H41N9O11S2. The van der Waals surface area contributed by atoms with Crippen molar-refractivity contribution in [3.63, 3.8) is 0 Å². The molecule has 0 aliphatic carbocycles. The monoisotopic (exact) mass is 779 g/mol. The van der Waals surface area contributed by atoms with Crippen LogP contribution < -0.4 is 31.9 Å². The Labute approximate surface area is 308 Å². The number of anilines is 1. The molecular weight excluding hydrogens is 739 g/mol. The predicted molar refractivity (Wildman–Crippen MR) is 185 cm³/mol. The zero-order chi connectivity index (χ0) is 38.9. The van der Waals surface area contributed by atoms with Gasteiger partial charge in [0.15, 0.2) is 23.5 Å². The van der Waals surface area contributed by atoms with Gasteiger partial charge in [-0.1, -0.05) is 11.2 Å². The first kappa shape index (κ1) is 39.5. The molecule has 2 amide bonds. The molecule has 2 aliphatic heterocycles. The molecule has 1 saturated heterocycles. The molecule has 2 aliphatic rings. The summed E-state index contributed by atoms with van der Waals surface area (Å²) in [7, 11) is -5.29. The Kier molecular flexibility index (Phi) is 11.4. The lowest BCUT2D eigenvalue weighted by Gasteiger charge is -2.51. The molecule has 0 bridgehead atoms. The maximum absolute atomic E-state index is 13.5. The molecule has 0 radical (unpaired) electrons. The summed E-state index contributed by atoms with van der Waals surface area (Å²) in [5, 5.41) is 28.5. The second-order valence-corrected chi connectivity index (χ2v) is 15.0. The highest BCUT2D eigenvalue weighted by molar-refractivity contribution is 7.80. The largest absolute Gasteiger partial charge is 0.724 e. The van der Waals surface area contributed by atoms with Gasteiger partial charge >= 0.3 is 5.97 Å². The average molecular weight is 780 g/mol. The Morgan fingerprint density at radius 3 is 2.66 bits per heavy atom. The van der Waals surface area contributed by atoms with E-state index in [9.17, 15) is 37.6 Å². The minimum Gasteiger partial charge on any atom is -0.724 e. The van der Waals surface area contributed by atoms with E-state index in [1.165, 1.54) is 26.2 Å². The van der Waals surface area contributed by atoms with Gasteiger partial charge in [-0.15, -0.1) is 16.0 Å². The number of carboxylic acid groups (broad SMARTS) is 1. The molecule has 0 spiro atoms. The van der Waals surface area contributed by atoms with Gasteiger partial charge in [0.2, 0.25) is 16.6 Å². The predicted octanol–water partition coefficient (Wildman–Crippen LogP) is -1.40. The quantitative estimate of drug-likeness (QED) is 0.0243. The van der Waals surface area contributed by atoms with Crippen molar-refractivity contribution in [2.24, 2.45) is 16.6 Å². The highest BCUT2D eigenvalue weighted by Gasteiger charge is 2.57. The van der Waals surface area contributed by atoms with Crippen molar-refractivity contribution in [3.8, 4) is 16.9 Å². The number of amides is 2. The summed E-state index contributed by atoms with van der Waals surface area (Å²) in [5.74, 6) is -3.12. The number of β-lactam (4-membered cyclic amide) rings is 1. The van der Waals surface area contributed by atoms with E-state index in [1.54, 1.807) is 6.07 Å². The van der Waals surface area contributed by atoms with Crippen LogP contribution in [-0.2, 0) is 53.4 Å². The van der Waals surface area contributed by atoms with Crippen LogP contribution in [0.5, 0.6) is 5.75 Å². The summed E-state index contributed by atoms with van der Waals surface area (Å²) < 4.78 is 47.5. The van der Waals surface area contributed by atoms with Crippen LogP contribution in [0.15, 0.2) is 41.1 Å². The third kappa shape index (κ3) is 8.43. The van der Waals surface area contributed by atoms with Crippen LogP contribution in [0.4, 0.5) is 5.13 Å². The number of aryl methyl sites for hydroxylation is 2. The Morgan fingerprint density at radius 2 is 2.06 bits per heavy atom. The van der Waals surface area contributed by atoms with E-state index in [0.717, 1.165) is 34.4 Å². The Balaban J connectivity index is 1.36. The molecule has 2 unspecified atom stereocenters. The van der Waals surface area contributed by atoms with Gasteiger partial charge in [-0.2, -0.15) is 14.0 Å². The van der Waals surface area contributed by atoms with Gasteiger partial charge in [-0.05, 0) is 63.4 Å². The molecule has 5 rings (SSSR count). The maximum Gasteiger partial charge on any atom is 0.354 e. The highest BCUT2D eigenvalue weighted by atomic mass is 32.3. The number of aliphatic carboxylic acids is 1. The van der Waals surface area contributed by atoms with Crippen molar-refractivity contribution in [2.75, 3.05) is 18.8 Å². The fourth-order valence-electron chi connectivity index (χ4n) is 5.90. The van der Waals surface area contributed by atoms with E-state index in [1.807, 2.05) is 33.9 Å². The van der Waals surface area contributed by atoms with E-state index < -0.39 is 63.3 Å². The number of nitrogen functional groups attached to an aromatic ring is 1. The van der Waals surface area contributed by atoms with E-state index in [-0.39, 0.29) is 23.8 Å². The van der Waals surface area contributed by atoms with Crippen LogP contribution in [0.2, 0.25) is 0 Å². The van der Waals surface area contributed by atoms with Gasteiger partial charge in [0.05, 0.1) is 23.4 Å². The summed E-state index contributed by atoms with van der Waals surface area (Å²) in [6, 6.07) is 4.10. The first-order chi connectivity index (χ1) is 24.9. The minimum absolute atomic E-state index is 0.0449. The molecule has 9 N–H and O–H groups in total. The number of hydrogen-bond acceptors (Lipinski definition) is 16. The summed E-state index contributed by atoms with van der Waals surface area (Å²) in [5.41, 5.74) is 15.4. The molecule has 288 valence electrons. The molecule has 1 aromatic carbocycles. The van der Waals surface area contributed by atoms with E-state index >= 15 is 0 Å². The number of aromatic nitrogens is 3. The van der Waals surface area contributed by atoms with Crippen LogP contribution in [-0.4, -0.2) is 104 Å². The molecule has 22 heteroatoms. The zero-order valence-electron chi connectivity index (χ0n) is 29.0. The molecule has 1 fully saturated rings. The molecule has 53 heavy (non-hydrogen) atoms. The van der Waals surface area contributed by atoms with Crippen LogP contribution in [0.1, 0.15) is 44.9 Å². The number of nitrogens with zero attached hydrogens (tertiary/aromatic N) is 5. The molecule has 20 nitrogen and oxygen atoms in total. The average Bonchev–Trinajstić information content (AvgIpc) is 3.72. The Morgan fingerprint density at radius 1 is 1.32 bits per heavy atom. The number of benzene rings is 1. The lowest BCUT2D eigenvalue weighted by molar-refractivity contribution is -0.775. The van der Waals surface area contributed by atoms with Gasteiger partial charge in [-0.25, -0.2) is 18.2 Å². The minimum atomic E-state index is -5.29. The first-order valence-corrected chi connectivity index (χ1v) is 18.6. The van der Waals surface area contributed by atoms with Crippen LogP contribution >= 0.6 is 11.3 Å². The maximum atomic E-state index is 13.5. The summed E-state index contributed by atoms with van der Waals surface area (Å²) in [4.78, 5) is 48.5. The van der Waals surface area contributed by atoms with Gasteiger partial charge in [0, 0.05) is 18.3 Å². The number of hydrogen-bond donors (Lipinski definition) is 6. The topological polar surface area (TPSA) is 304 Å². The molecule has 4 heterocycles. The number of fused-ring (bicyclic) bond motifs is 1. The Hall–Kier alpha value is -4.71. The third-order valence-electron chi connectivity index (χ3n) is 8.97. The van der Waals surface area contributed by atoms with E-state index in [4.69, 9.17) is 26.8 Å². The standard InChI is InChI=1S/C31H41N9O11S2/c1-30(2)25(27(43)40(30)51-53(46,47)48)36-26(42)24(21-16-52-29(34)35-21)37-50-31(3,28(44)45)23-8-6-18-11-17(5-7-22(18)49-23)19-13-38(10-4-9-32)39(14-19)15-20(41)12-33/h5,7,11,13-14,16,20,23,25,41H,4,6,8-10,12,15,32-33H2,1-3H3,(H4-,34,35,36,42,44,45,46,47,48)/b37-24-/t20-,23?,25?,31-/m0/s1. The van der Waals surface area contributed by atoms with Crippen LogP contribution in [0, 0.1) is 0 Å². The number of nitrogens with one attached hydrogen (secondary N) is 1. The lowest BCUT2D eigenvalue weighted by Crippen LogP contribution is -2.76. The fraction of sp³-hybridized carbons (Fsp3) is 0.484. The number of ether oxygens (including phenoxy) is 1. The van der Waals surface area contributed by atoms with Crippen molar-refractivity contribution < 1.29 is 56.1 Å². The zero-order valence-corrected chi connectivity index (χ0v) is 30.6. The number of carboxylic acids is 1. The van der Waals surface area contributed by atoms with Crippen molar-refractivity contribution in [2.45, 2.75) is 82.5 Å². The number of oxime groups is 1. The van der Waals surface area contributed by atoms with Gasteiger partial charge in [0.25, 0.3) is 17.4 Å². The number of rotatable bonds is 16. The van der Waals surface area contributed by atoms with Crippen molar-refractivity contribution in [1.82, 2.24) is 20.0 Å². The highest BCUT2D eigenvalue weighted by Crippen LogP contribution is 2.37. The van der Waals surface area contributed by atoms with Gasteiger partial charge in [0.1, 0.15) is 24.0 Å². The second-order valence-electron chi connectivity index (χ2n) is 13.2. The van der Waals surface area contributed by atoms with Gasteiger partial charge < -0.3 is 46.9 Å². The lowest BCUT2D eigenvalue weighted by atomic mass is 9.84. The fourth-order valence-corrected chi connectivity index (χ4v) is 6.89. The second kappa shape index (κ2) is 15.3. The molecule has 4 atom stereocenters. The number of hydroxylamine groups is 2. The number of aliphatic hydroxyl groups is 1. The summed E-state index contributed by atoms with van der Waals surface area (Å²) in [6.07, 6.45) is 3.35. The third-order valence-corrected chi connectivity index (χ3v) is 9.98. The Bertz CT molecular complexity index is 2020. The normalized spacial score (nSPS) is 20.1. The van der Waals surface area contributed by atoms with E-state index in [0.29, 0.717) is 36.9 Å². The van der Waals surface area contributed by atoms with Crippen LogP contribution in [0.3, 0.4) is 0 Å². The van der Waals surface area contributed by atoms with E-state index in [2.05, 4.69) is 19.7 Å². The van der Waals surface area contributed by atoms with Crippen LogP contribution in [0.25, 0.3) is 11.1 Å². The molecule has 2 aromatic heterocycles. The number of carbonyl (C=O) groups excluding carboxylic acids is 2. The SMILES string of the molecule is CC1(C)C(NC(=O)/C(=N\O[C@](C)(C(=O)O)C2CCc3cc(-c4cn(C[C@@H](O)CN)[n+](CCCN)c4)ccc3O2)c2csc(N)n2)C(=O)N1OS(=O)(=O)[O-]. The smallest absolute Gasteiger partial charge is 0.354 e. The number of thiazole rings is 1. The van der Waals surface area contributed by atoms with Crippen molar-refractivity contribution in [3.05, 3.63) is 47.2 Å². The van der Waals surface area contributed by atoms with Crippen molar-refractivity contribution in [1.29, 1.82) is 0 Å². The first-order valence-electron chi connectivity index (χ1n) is 16.4. The summed E-state index contributed by atoms with van der Waals surface area (Å²) >= 11 is 0.953.